The quantitative estimate of drug-likeness (QED) is 0.820. The molecule has 0 atom stereocenters. The van der Waals surface area contributed by atoms with Crippen LogP contribution < -0.4 is 15.4 Å². The number of nitrogen functional groups attached to an aromatic ring is 1. The second-order valence-corrected chi connectivity index (χ2v) is 4.68. The van der Waals surface area contributed by atoms with Crippen molar-refractivity contribution in [3.63, 3.8) is 0 Å². The van der Waals surface area contributed by atoms with Crippen LogP contribution in [0.5, 0.6) is 5.88 Å². The van der Waals surface area contributed by atoms with Crippen molar-refractivity contribution in [2.24, 2.45) is 0 Å². The Hall–Kier alpha value is -2.23. The Kier molecular flexibility index (Phi) is 4.82. The molecular weight excluding hydrogens is 250 g/mol. The van der Waals surface area contributed by atoms with Gasteiger partial charge in [-0.25, -0.2) is 4.98 Å². The van der Waals surface area contributed by atoms with E-state index >= 15 is 0 Å². The molecule has 0 saturated heterocycles. The van der Waals surface area contributed by atoms with E-state index in [1.54, 1.807) is 7.11 Å². The van der Waals surface area contributed by atoms with Gasteiger partial charge in [-0.1, -0.05) is 13.0 Å². The molecular formula is C16H21N3O. The number of benzene rings is 1. The minimum Gasteiger partial charge on any atom is -0.481 e. The summed E-state index contributed by atoms with van der Waals surface area (Å²) >= 11 is 0. The summed E-state index contributed by atoms with van der Waals surface area (Å²) in [4.78, 5) is 6.76. The third kappa shape index (κ3) is 3.63. The first kappa shape index (κ1) is 14.2. The van der Waals surface area contributed by atoms with Gasteiger partial charge in [0.1, 0.15) is 0 Å². The zero-order valence-corrected chi connectivity index (χ0v) is 12.0. The Bertz CT molecular complexity index is 540. The lowest BCUT2D eigenvalue weighted by molar-refractivity contribution is 0.396. The van der Waals surface area contributed by atoms with Crippen molar-refractivity contribution in [1.82, 2.24) is 4.98 Å². The molecule has 1 aromatic carbocycles. The van der Waals surface area contributed by atoms with Crippen LogP contribution in [-0.2, 0) is 6.54 Å². The second-order valence-electron chi connectivity index (χ2n) is 4.68. The van der Waals surface area contributed by atoms with Crippen LogP contribution in [-0.4, -0.2) is 18.6 Å². The van der Waals surface area contributed by atoms with Gasteiger partial charge in [0.25, 0.3) is 0 Å². The summed E-state index contributed by atoms with van der Waals surface area (Å²) in [6.07, 6.45) is 1.08. The number of pyridine rings is 1. The van der Waals surface area contributed by atoms with Gasteiger partial charge in [-0.05, 0) is 36.8 Å². The van der Waals surface area contributed by atoms with E-state index in [1.165, 1.54) is 0 Å². The van der Waals surface area contributed by atoms with E-state index in [0.29, 0.717) is 5.88 Å². The van der Waals surface area contributed by atoms with Crippen LogP contribution in [0.25, 0.3) is 0 Å². The number of nitrogens with two attached hydrogens (primary N) is 1. The van der Waals surface area contributed by atoms with Crippen LogP contribution in [0, 0.1) is 0 Å². The number of hydrogen-bond acceptors (Lipinski definition) is 4. The number of ether oxygens (including phenoxy) is 1. The minimum atomic E-state index is 0.649. The van der Waals surface area contributed by atoms with E-state index in [2.05, 4.69) is 16.8 Å². The van der Waals surface area contributed by atoms with E-state index in [0.717, 1.165) is 36.6 Å². The maximum atomic E-state index is 5.74. The Morgan fingerprint density at radius 3 is 2.55 bits per heavy atom. The molecule has 2 rings (SSSR count). The first-order valence-electron chi connectivity index (χ1n) is 6.83. The summed E-state index contributed by atoms with van der Waals surface area (Å²) in [6.45, 7) is 3.90. The van der Waals surface area contributed by atoms with E-state index in [1.807, 2.05) is 42.5 Å². The molecule has 0 radical (unpaired) electrons. The van der Waals surface area contributed by atoms with E-state index in [4.69, 9.17) is 10.5 Å². The maximum Gasteiger partial charge on any atom is 0.213 e. The summed E-state index contributed by atoms with van der Waals surface area (Å²) in [5, 5.41) is 0. The fraction of sp³-hybridized carbons (Fsp3) is 0.312. The number of nitrogens with zero attached hydrogens (tertiary/aromatic N) is 2. The highest BCUT2D eigenvalue weighted by Crippen LogP contribution is 2.19. The fourth-order valence-corrected chi connectivity index (χ4v) is 2.11. The molecule has 0 aliphatic carbocycles. The molecule has 2 N–H and O–H groups in total. The molecule has 0 aliphatic heterocycles. The fourth-order valence-electron chi connectivity index (χ4n) is 2.11. The van der Waals surface area contributed by atoms with E-state index in [9.17, 15) is 0 Å². The number of anilines is 2. The summed E-state index contributed by atoms with van der Waals surface area (Å²) < 4.78 is 5.17. The monoisotopic (exact) mass is 271 g/mol. The molecule has 0 bridgehead atoms. The third-order valence-corrected chi connectivity index (χ3v) is 3.09. The summed E-state index contributed by atoms with van der Waals surface area (Å²) in [6, 6.07) is 13.8. The molecule has 20 heavy (non-hydrogen) atoms. The van der Waals surface area contributed by atoms with Gasteiger partial charge >= 0.3 is 0 Å². The lowest BCUT2D eigenvalue weighted by Gasteiger charge is -2.24. The molecule has 0 fully saturated rings. The zero-order chi connectivity index (χ0) is 14.4. The minimum absolute atomic E-state index is 0.649. The molecule has 0 saturated carbocycles. The summed E-state index contributed by atoms with van der Waals surface area (Å²) in [5.74, 6) is 0.649. The number of methoxy groups -OCH3 is 1. The first-order chi connectivity index (χ1) is 9.72. The smallest absolute Gasteiger partial charge is 0.213 e. The van der Waals surface area contributed by atoms with Crippen molar-refractivity contribution in [3.8, 4) is 5.88 Å². The molecule has 0 spiro atoms. The van der Waals surface area contributed by atoms with Gasteiger partial charge < -0.3 is 15.4 Å². The molecule has 1 aromatic heterocycles. The number of aromatic nitrogens is 1. The van der Waals surface area contributed by atoms with Gasteiger partial charge in [0, 0.05) is 24.0 Å². The van der Waals surface area contributed by atoms with Gasteiger partial charge in [-0.15, -0.1) is 0 Å². The molecule has 1 heterocycles. The largest absolute Gasteiger partial charge is 0.481 e. The molecule has 4 nitrogen and oxygen atoms in total. The van der Waals surface area contributed by atoms with Gasteiger partial charge in [0.15, 0.2) is 0 Å². The van der Waals surface area contributed by atoms with Crippen molar-refractivity contribution in [1.29, 1.82) is 0 Å². The number of rotatable bonds is 6. The standard InChI is InChI=1S/C16H21N3O/c1-3-11-19(15-9-7-13(17)8-10-15)12-14-5-4-6-16(18-14)20-2/h4-10H,3,11-12,17H2,1-2H3. The Labute approximate surface area is 120 Å². The van der Waals surface area contributed by atoms with Crippen molar-refractivity contribution >= 4 is 11.4 Å². The maximum absolute atomic E-state index is 5.74. The second kappa shape index (κ2) is 6.80. The first-order valence-corrected chi connectivity index (χ1v) is 6.83. The normalized spacial score (nSPS) is 10.3. The van der Waals surface area contributed by atoms with Crippen LogP contribution in [0.2, 0.25) is 0 Å². The Morgan fingerprint density at radius 1 is 1.15 bits per heavy atom. The summed E-state index contributed by atoms with van der Waals surface area (Å²) in [7, 11) is 1.63. The van der Waals surface area contributed by atoms with Crippen molar-refractivity contribution < 1.29 is 4.74 Å². The average molecular weight is 271 g/mol. The van der Waals surface area contributed by atoms with E-state index in [-0.39, 0.29) is 0 Å². The van der Waals surface area contributed by atoms with Gasteiger partial charge in [0.2, 0.25) is 5.88 Å². The van der Waals surface area contributed by atoms with Crippen LogP contribution >= 0.6 is 0 Å². The van der Waals surface area contributed by atoms with Crippen molar-refractivity contribution in [2.45, 2.75) is 19.9 Å². The van der Waals surface area contributed by atoms with Crippen LogP contribution in [0.1, 0.15) is 19.0 Å². The van der Waals surface area contributed by atoms with Crippen LogP contribution in [0.4, 0.5) is 11.4 Å². The zero-order valence-electron chi connectivity index (χ0n) is 12.0. The van der Waals surface area contributed by atoms with Crippen LogP contribution in [0.15, 0.2) is 42.5 Å². The van der Waals surface area contributed by atoms with Gasteiger partial charge in [-0.2, -0.15) is 0 Å². The molecule has 0 amide bonds. The molecule has 4 heteroatoms. The third-order valence-electron chi connectivity index (χ3n) is 3.09. The molecule has 2 aromatic rings. The number of hydrogen-bond donors (Lipinski definition) is 1. The lowest BCUT2D eigenvalue weighted by atomic mass is 10.2. The molecule has 0 unspecified atom stereocenters. The highest BCUT2D eigenvalue weighted by atomic mass is 16.5. The lowest BCUT2D eigenvalue weighted by Crippen LogP contribution is -2.24. The van der Waals surface area contributed by atoms with E-state index < -0.39 is 0 Å². The highest BCUT2D eigenvalue weighted by molar-refractivity contribution is 5.53. The predicted molar refractivity (Wildman–Crippen MR) is 83.0 cm³/mol. The summed E-state index contributed by atoms with van der Waals surface area (Å²) in [5.41, 5.74) is 8.68. The topological polar surface area (TPSA) is 51.4 Å². The van der Waals surface area contributed by atoms with Gasteiger partial charge in [-0.3, -0.25) is 0 Å². The highest BCUT2D eigenvalue weighted by Gasteiger charge is 2.08. The van der Waals surface area contributed by atoms with Gasteiger partial charge in [0.05, 0.1) is 19.3 Å². The molecule has 106 valence electrons. The SMILES string of the molecule is CCCN(Cc1cccc(OC)n1)c1ccc(N)cc1. The predicted octanol–water partition coefficient (Wildman–Crippen LogP) is 3.09. The Balaban J connectivity index is 2.18. The molecule has 0 aliphatic rings. The van der Waals surface area contributed by atoms with Crippen molar-refractivity contribution in [3.05, 3.63) is 48.2 Å². The average Bonchev–Trinajstić information content (AvgIpc) is 2.48. The van der Waals surface area contributed by atoms with Crippen LogP contribution in [0.3, 0.4) is 0 Å². The Morgan fingerprint density at radius 2 is 1.90 bits per heavy atom. The van der Waals surface area contributed by atoms with Crippen molar-refractivity contribution in [2.75, 3.05) is 24.3 Å².